The molecule has 2 heterocycles. The van der Waals surface area contributed by atoms with Crippen LogP contribution >= 0.6 is 0 Å². The molecule has 5 nitrogen and oxygen atoms in total. The van der Waals surface area contributed by atoms with Gasteiger partial charge in [0.25, 0.3) is 5.91 Å². The average Bonchev–Trinajstić information content (AvgIpc) is 3.30. The van der Waals surface area contributed by atoms with Gasteiger partial charge in [-0.15, -0.1) is 0 Å². The van der Waals surface area contributed by atoms with Gasteiger partial charge in [-0.2, -0.15) is 5.10 Å². The number of rotatable bonds is 6. The lowest BCUT2D eigenvalue weighted by atomic mass is 10.1. The average molecular weight is 439 g/mol. The van der Waals surface area contributed by atoms with E-state index in [1.165, 1.54) is 5.56 Å². The number of nitrogens with one attached hydrogen (secondary N) is 1. The number of aromatic nitrogens is 2. The molecule has 168 valence electrons. The van der Waals surface area contributed by atoms with Gasteiger partial charge in [-0.25, -0.2) is 5.43 Å². The second-order valence-electron chi connectivity index (χ2n) is 8.38. The molecule has 0 saturated carbocycles. The third-order valence-corrected chi connectivity index (χ3v) is 6.10. The van der Waals surface area contributed by atoms with Crippen LogP contribution in [0.5, 0.6) is 0 Å². The number of aryl methyl sites for hydroxylation is 4. The smallest absolute Gasteiger partial charge is 0.271 e. The lowest BCUT2D eigenvalue weighted by Crippen LogP contribution is -2.17. The molecular weight excluding hydrogens is 408 g/mol. The molecule has 0 bridgehead atoms. The molecule has 0 radical (unpaired) electrons. The maximum absolute atomic E-state index is 12.6. The van der Waals surface area contributed by atoms with E-state index in [9.17, 15) is 4.79 Å². The van der Waals surface area contributed by atoms with Gasteiger partial charge < -0.3 is 9.13 Å². The molecule has 0 aliphatic carbocycles. The molecule has 4 aromatic rings. The van der Waals surface area contributed by atoms with Crippen LogP contribution in [0, 0.1) is 27.7 Å². The van der Waals surface area contributed by atoms with Gasteiger partial charge in [0.15, 0.2) is 0 Å². The minimum atomic E-state index is -0.234. The Kier molecular flexibility index (Phi) is 6.31. The first-order chi connectivity index (χ1) is 15.9. The maximum Gasteiger partial charge on any atom is 0.271 e. The first-order valence-electron chi connectivity index (χ1n) is 11.3. The quantitative estimate of drug-likeness (QED) is 0.299. The molecule has 2 aromatic carbocycles. The van der Waals surface area contributed by atoms with Crippen molar-refractivity contribution in [3.8, 4) is 11.4 Å². The van der Waals surface area contributed by atoms with E-state index in [1.54, 1.807) is 6.21 Å². The van der Waals surface area contributed by atoms with Crippen LogP contribution in [0.2, 0.25) is 0 Å². The van der Waals surface area contributed by atoms with Gasteiger partial charge in [-0.05, 0) is 94.3 Å². The Morgan fingerprint density at radius 2 is 1.39 bits per heavy atom. The molecule has 0 fully saturated rings. The highest BCUT2D eigenvalue weighted by Gasteiger charge is 2.10. The Morgan fingerprint density at radius 3 is 2.00 bits per heavy atom. The molecule has 0 saturated heterocycles. The summed E-state index contributed by atoms with van der Waals surface area (Å²) in [6, 6.07) is 22.4. The number of hydrogen-bond donors (Lipinski definition) is 1. The summed E-state index contributed by atoms with van der Waals surface area (Å²) in [4.78, 5) is 12.6. The van der Waals surface area contributed by atoms with Gasteiger partial charge in [0.05, 0.1) is 6.21 Å². The number of benzene rings is 2. The number of carbonyl (C=O) groups is 1. The highest BCUT2D eigenvalue weighted by Crippen LogP contribution is 2.21. The van der Waals surface area contributed by atoms with E-state index in [-0.39, 0.29) is 5.91 Å². The summed E-state index contributed by atoms with van der Waals surface area (Å²) in [7, 11) is 0. The van der Waals surface area contributed by atoms with Crippen LogP contribution in [-0.4, -0.2) is 21.3 Å². The van der Waals surface area contributed by atoms with Gasteiger partial charge in [0, 0.05) is 45.3 Å². The van der Waals surface area contributed by atoms with E-state index in [0.29, 0.717) is 5.56 Å². The van der Waals surface area contributed by atoms with Gasteiger partial charge in [0.1, 0.15) is 0 Å². The predicted molar refractivity (Wildman–Crippen MR) is 135 cm³/mol. The zero-order valence-electron chi connectivity index (χ0n) is 19.9. The zero-order chi connectivity index (χ0) is 23.5. The monoisotopic (exact) mass is 438 g/mol. The molecule has 33 heavy (non-hydrogen) atoms. The van der Waals surface area contributed by atoms with Crippen LogP contribution in [0.1, 0.15) is 51.2 Å². The molecule has 0 spiro atoms. The Balaban J connectivity index is 1.46. The summed E-state index contributed by atoms with van der Waals surface area (Å²) in [5.41, 5.74) is 12.2. The minimum absolute atomic E-state index is 0.234. The van der Waals surface area contributed by atoms with Crippen LogP contribution in [-0.2, 0) is 6.42 Å². The molecule has 0 aliphatic heterocycles. The summed E-state index contributed by atoms with van der Waals surface area (Å²) >= 11 is 0. The van der Waals surface area contributed by atoms with Crippen LogP contribution < -0.4 is 5.43 Å². The van der Waals surface area contributed by atoms with E-state index < -0.39 is 0 Å². The molecule has 0 unspecified atom stereocenters. The fraction of sp³-hybridized carbons (Fsp3) is 0.214. The van der Waals surface area contributed by atoms with Crippen molar-refractivity contribution in [3.05, 3.63) is 106 Å². The van der Waals surface area contributed by atoms with Crippen LogP contribution in [0.25, 0.3) is 11.4 Å². The second-order valence-corrected chi connectivity index (χ2v) is 8.38. The van der Waals surface area contributed by atoms with E-state index in [1.807, 2.05) is 24.3 Å². The summed E-state index contributed by atoms with van der Waals surface area (Å²) in [6.45, 7) is 10.4. The Hall–Kier alpha value is -3.86. The van der Waals surface area contributed by atoms with Gasteiger partial charge in [0.2, 0.25) is 0 Å². The normalized spacial score (nSPS) is 11.3. The number of hydrazone groups is 1. The van der Waals surface area contributed by atoms with E-state index in [4.69, 9.17) is 0 Å². The molecule has 0 aliphatic rings. The summed E-state index contributed by atoms with van der Waals surface area (Å²) in [5, 5.41) is 4.21. The highest BCUT2D eigenvalue weighted by molar-refractivity contribution is 5.95. The zero-order valence-corrected chi connectivity index (χ0v) is 19.9. The molecule has 2 aromatic heterocycles. The Morgan fingerprint density at radius 1 is 0.818 bits per heavy atom. The van der Waals surface area contributed by atoms with Crippen molar-refractivity contribution in [2.75, 3.05) is 0 Å². The molecule has 5 heteroatoms. The first kappa shape index (κ1) is 22.3. The topological polar surface area (TPSA) is 51.3 Å². The molecule has 0 atom stereocenters. The largest absolute Gasteiger partial charge is 0.319 e. The van der Waals surface area contributed by atoms with Gasteiger partial charge in [-0.3, -0.25) is 4.79 Å². The fourth-order valence-electron chi connectivity index (χ4n) is 4.26. The standard InChI is InChI=1S/C28H30N4O/c1-6-23-9-13-27(14-10-23)32-21(4)17-25(22(32)5)18-29-30-28(33)24-11-15-26(16-12-24)31-19(2)7-8-20(31)3/h7-18H,6H2,1-5H3,(H,30,33)/b29-18-. The Labute approximate surface area is 195 Å². The molecule has 1 amide bonds. The second kappa shape index (κ2) is 9.33. The lowest BCUT2D eigenvalue weighted by Gasteiger charge is -2.10. The summed E-state index contributed by atoms with van der Waals surface area (Å²) in [6.07, 6.45) is 2.73. The lowest BCUT2D eigenvalue weighted by molar-refractivity contribution is 0.0955. The predicted octanol–water partition coefficient (Wildman–Crippen LogP) is 5.83. The number of nitrogens with zero attached hydrogens (tertiary/aromatic N) is 3. The van der Waals surface area contributed by atoms with Crippen molar-refractivity contribution < 1.29 is 4.79 Å². The van der Waals surface area contributed by atoms with Gasteiger partial charge >= 0.3 is 0 Å². The van der Waals surface area contributed by atoms with Gasteiger partial charge in [-0.1, -0.05) is 19.1 Å². The molecular formula is C28H30N4O. The number of hydrogen-bond acceptors (Lipinski definition) is 2. The molecule has 1 N–H and O–H groups in total. The summed E-state index contributed by atoms with van der Waals surface area (Å²) < 4.78 is 4.36. The van der Waals surface area contributed by atoms with Crippen molar-refractivity contribution in [1.29, 1.82) is 0 Å². The third-order valence-electron chi connectivity index (χ3n) is 6.10. The van der Waals surface area contributed by atoms with E-state index >= 15 is 0 Å². The van der Waals surface area contributed by atoms with Crippen LogP contribution in [0.4, 0.5) is 0 Å². The van der Waals surface area contributed by atoms with Crippen molar-refractivity contribution >= 4 is 12.1 Å². The van der Waals surface area contributed by atoms with Crippen molar-refractivity contribution in [3.63, 3.8) is 0 Å². The van der Waals surface area contributed by atoms with E-state index in [2.05, 4.69) is 96.7 Å². The van der Waals surface area contributed by atoms with Crippen molar-refractivity contribution in [2.45, 2.75) is 41.0 Å². The Bertz CT molecular complexity index is 1290. The molecule has 4 rings (SSSR count). The minimum Gasteiger partial charge on any atom is -0.319 e. The van der Waals surface area contributed by atoms with Crippen molar-refractivity contribution in [1.82, 2.24) is 14.6 Å². The highest BCUT2D eigenvalue weighted by atomic mass is 16.2. The fourth-order valence-corrected chi connectivity index (χ4v) is 4.26. The van der Waals surface area contributed by atoms with Crippen LogP contribution in [0.15, 0.2) is 71.8 Å². The maximum atomic E-state index is 12.6. The SMILES string of the molecule is CCc1ccc(-n2c(C)cc(/C=N\NC(=O)c3ccc(-n4c(C)ccc4C)cc3)c2C)cc1. The number of amides is 1. The van der Waals surface area contributed by atoms with Crippen molar-refractivity contribution in [2.24, 2.45) is 5.10 Å². The number of carbonyl (C=O) groups excluding carboxylic acids is 1. The third kappa shape index (κ3) is 4.53. The van der Waals surface area contributed by atoms with E-state index in [0.717, 1.165) is 46.1 Å². The summed E-state index contributed by atoms with van der Waals surface area (Å²) in [5.74, 6) is -0.234. The van der Waals surface area contributed by atoms with Crippen LogP contribution in [0.3, 0.4) is 0 Å². The first-order valence-corrected chi connectivity index (χ1v) is 11.3.